The molecule has 78 valence electrons. The number of hydrogen-bond acceptors (Lipinski definition) is 3. The monoisotopic (exact) mass is 201 g/mol. The molecule has 0 aliphatic carbocycles. The molecule has 2 rings (SSSR count). The molecule has 2 heterocycles. The van der Waals surface area contributed by atoms with Crippen molar-refractivity contribution in [3.8, 4) is 6.07 Å². The van der Waals surface area contributed by atoms with E-state index in [0.29, 0.717) is 11.6 Å². The van der Waals surface area contributed by atoms with E-state index in [1.54, 1.807) is 0 Å². The van der Waals surface area contributed by atoms with Gasteiger partial charge < -0.3 is 4.90 Å². The molecule has 1 aliphatic heterocycles. The minimum absolute atomic E-state index is 0.506. The van der Waals surface area contributed by atoms with E-state index in [4.69, 9.17) is 5.26 Å². The molecule has 1 fully saturated rings. The SMILES string of the molecule is Cc1ccc(C#N)c(N2CCCC2C)n1. The first-order chi connectivity index (χ1) is 7.22. The summed E-state index contributed by atoms with van der Waals surface area (Å²) in [4.78, 5) is 6.72. The number of nitrogens with zero attached hydrogens (tertiary/aromatic N) is 3. The lowest BCUT2D eigenvalue weighted by Crippen LogP contribution is -2.28. The first-order valence-electron chi connectivity index (χ1n) is 5.37. The molecule has 1 aliphatic rings. The average molecular weight is 201 g/mol. The Morgan fingerprint density at radius 2 is 2.33 bits per heavy atom. The van der Waals surface area contributed by atoms with E-state index < -0.39 is 0 Å². The maximum absolute atomic E-state index is 9.04. The molecule has 1 unspecified atom stereocenters. The third kappa shape index (κ3) is 1.80. The van der Waals surface area contributed by atoms with Gasteiger partial charge in [-0.15, -0.1) is 0 Å². The summed E-state index contributed by atoms with van der Waals surface area (Å²) >= 11 is 0. The van der Waals surface area contributed by atoms with Gasteiger partial charge in [0.05, 0.1) is 5.56 Å². The Hall–Kier alpha value is -1.56. The van der Waals surface area contributed by atoms with Gasteiger partial charge in [0, 0.05) is 18.3 Å². The normalized spacial score (nSPS) is 20.3. The summed E-state index contributed by atoms with van der Waals surface area (Å²) in [5.74, 6) is 0.863. The molecule has 0 radical (unpaired) electrons. The van der Waals surface area contributed by atoms with Gasteiger partial charge in [-0.05, 0) is 38.8 Å². The zero-order valence-electron chi connectivity index (χ0n) is 9.20. The lowest BCUT2D eigenvalue weighted by molar-refractivity contribution is 0.725. The molecule has 3 nitrogen and oxygen atoms in total. The average Bonchev–Trinajstić information content (AvgIpc) is 2.64. The van der Waals surface area contributed by atoms with Gasteiger partial charge in [-0.1, -0.05) is 0 Å². The predicted octanol–water partition coefficient (Wildman–Crippen LogP) is 2.25. The maximum Gasteiger partial charge on any atom is 0.147 e. The van der Waals surface area contributed by atoms with Crippen LogP contribution < -0.4 is 4.90 Å². The highest BCUT2D eigenvalue weighted by Gasteiger charge is 2.23. The number of aromatic nitrogens is 1. The largest absolute Gasteiger partial charge is 0.353 e. The smallest absolute Gasteiger partial charge is 0.147 e. The molecule has 0 spiro atoms. The summed E-state index contributed by atoms with van der Waals surface area (Å²) in [6.45, 7) is 5.18. The van der Waals surface area contributed by atoms with Gasteiger partial charge in [-0.3, -0.25) is 0 Å². The third-order valence-electron chi connectivity index (χ3n) is 2.96. The number of aryl methyl sites for hydroxylation is 1. The quantitative estimate of drug-likeness (QED) is 0.699. The van der Waals surface area contributed by atoms with Crippen LogP contribution in [0.3, 0.4) is 0 Å². The maximum atomic E-state index is 9.04. The standard InChI is InChI=1S/C12H15N3/c1-9-5-6-11(8-13)12(14-9)15-7-3-4-10(15)2/h5-6,10H,3-4,7H2,1-2H3. The Morgan fingerprint density at radius 1 is 1.53 bits per heavy atom. The van der Waals surface area contributed by atoms with Gasteiger partial charge in [0.2, 0.25) is 0 Å². The molecule has 0 saturated carbocycles. The molecule has 1 atom stereocenters. The van der Waals surface area contributed by atoms with Crippen molar-refractivity contribution in [2.45, 2.75) is 32.7 Å². The Morgan fingerprint density at radius 3 is 2.93 bits per heavy atom. The lowest BCUT2D eigenvalue weighted by atomic mass is 10.2. The van der Waals surface area contributed by atoms with Gasteiger partial charge >= 0.3 is 0 Å². The van der Waals surface area contributed by atoms with Gasteiger partial charge in [0.25, 0.3) is 0 Å². The lowest BCUT2D eigenvalue weighted by Gasteiger charge is -2.23. The number of pyridine rings is 1. The highest BCUT2D eigenvalue weighted by Crippen LogP contribution is 2.26. The van der Waals surface area contributed by atoms with Crippen LogP contribution in [0.5, 0.6) is 0 Å². The van der Waals surface area contributed by atoms with E-state index in [9.17, 15) is 0 Å². The Kier molecular flexibility index (Phi) is 2.59. The Balaban J connectivity index is 2.42. The van der Waals surface area contributed by atoms with Crippen LogP contribution in [0.1, 0.15) is 31.0 Å². The molecule has 3 heteroatoms. The Bertz CT molecular complexity index is 406. The number of hydrogen-bond donors (Lipinski definition) is 0. The van der Waals surface area contributed by atoms with E-state index in [2.05, 4.69) is 22.9 Å². The topological polar surface area (TPSA) is 39.9 Å². The second-order valence-electron chi connectivity index (χ2n) is 4.12. The van der Waals surface area contributed by atoms with Crippen molar-refractivity contribution in [2.24, 2.45) is 0 Å². The summed E-state index contributed by atoms with van der Waals surface area (Å²) in [5.41, 5.74) is 1.66. The fourth-order valence-electron chi connectivity index (χ4n) is 2.10. The molecular formula is C12H15N3. The van der Waals surface area contributed by atoms with Crippen molar-refractivity contribution in [1.29, 1.82) is 5.26 Å². The van der Waals surface area contributed by atoms with E-state index in [-0.39, 0.29) is 0 Å². The number of rotatable bonds is 1. The fraction of sp³-hybridized carbons (Fsp3) is 0.500. The van der Waals surface area contributed by atoms with E-state index in [0.717, 1.165) is 18.1 Å². The zero-order chi connectivity index (χ0) is 10.8. The van der Waals surface area contributed by atoms with Crippen molar-refractivity contribution in [3.63, 3.8) is 0 Å². The molecule has 1 aromatic heterocycles. The van der Waals surface area contributed by atoms with Gasteiger partial charge in [-0.25, -0.2) is 4.98 Å². The first kappa shape index (κ1) is 9.97. The summed E-state index contributed by atoms with van der Waals surface area (Å²) in [6.07, 6.45) is 2.39. The van der Waals surface area contributed by atoms with E-state index >= 15 is 0 Å². The van der Waals surface area contributed by atoms with Crippen LogP contribution in [-0.4, -0.2) is 17.6 Å². The van der Waals surface area contributed by atoms with E-state index in [1.165, 1.54) is 12.8 Å². The van der Waals surface area contributed by atoms with Crippen LogP contribution in [0, 0.1) is 18.3 Å². The van der Waals surface area contributed by atoms with Crippen LogP contribution in [0.2, 0.25) is 0 Å². The molecule has 0 N–H and O–H groups in total. The fourth-order valence-corrected chi connectivity index (χ4v) is 2.10. The summed E-state index contributed by atoms with van der Waals surface area (Å²) < 4.78 is 0. The zero-order valence-corrected chi connectivity index (χ0v) is 9.20. The van der Waals surface area contributed by atoms with Crippen LogP contribution >= 0.6 is 0 Å². The van der Waals surface area contributed by atoms with E-state index in [1.807, 2.05) is 19.1 Å². The minimum atomic E-state index is 0.506. The van der Waals surface area contributed by atoms with Crippen molar-refractivity contribution >= 4 is 5.82 Å². The summed E-state index contributed by atoms with van der Waals surface area (Å²) in [7, 11) is 0. The van der Waals surface area contributed by atoms with Gasteiger partial charge in [0.15, 0.2) is 0 Å². The molecule has 0 aromatic carbocycles. The van der Waals surface area contributed by atoms with Crippen molar-refractivity contribution in [2.75, 3.05) is 11.4 Å². The molecule has 0 bridgehead atoms. The Labute approximate surface area is 90.4 Å². The van der Waals surface area contributed by atoms with Gasteiger partial charge in [-0.2, -0.15) is 5.26 Å². The minimum Gasteiger partial charge on any atom is -0.353 e. The van der Waals surface area contributed by atoms with Crippen molar-refractivity contribution in [1.82, 2.24) is 4.98 Å². The first-order valence-corrected chi connectivity index (χ1v) is 5.37. The van der Waals surface area contributed by atoms with Crippen LogP contribution in [0.4, 0.5) is 5.82 Å². The molecule has 0 amide bonds. The van der Waals surface area contributed by atoms with Gasteiger partial charge in [0.1, 0.15) is 11.9 Å². The van der Waals surface area contributed by atoms with Crippen LogP contribution in [0.25, 0.3) is 0 Å². The van der Waals surface area contributed by atoms with Crippen molar-refractivity contribution < 1.29 is 0 Å². The third-order valence-corrected chi connectivity index (χ3v) is 2.96. The predicted molar refractivity (Wildman–Crippen MR) is 59.7 cm³/mol. The summed E-state index contributed by atoms with van der Waals surface area (Å²) in [6, 6.07) is 6.48. The molecule has 1 saturated heterocycles. The van der Waals surface area contributed by atoms with Crippen molar-refractivity contribution in [3.05, 3.63) is 23.4 Å². The summed E-state index contributed by atoms with van der Waals surface area (Å²) in [5, 5.41) is 9.04. The second-order valence-corrected chi connectivity index (χ2v) is 4.12. The molecule has 15 heavy (non-hydrogen) atoms. The van der Waals surface area contributed by atoms with Crippen LogP contribution in [0.15, 0.2) is 12.1 Å². The number of anilines is 1. The second kappa shape index (κ2) is 3.90. The highest BCUT2D eigenvalue weighted by molar-refractivity contribution is 5.55. The highest BCUT2D eigenvalue weighted by atomic mass is 15.2. The number of nitriles is 1. The van der Waals surface area contributed by atoms with Crippen LogP contribution in [-0.2, 0) is 0 Å². The molecule has 1 aromatic rings. The molecular weight excluding hydrogens is 186 g/mol.